The molecule has 2 heterocycles. The van der Waals surface area contributed by atoms with Gasteiger partial charge in [0.15, 0.2) is 21.2 Å². The van der Waals surface area contributed by atoms with Gasteiger partial charge in [-0.15, -0.1) is 23.2 Å². The third-order valence-electron chi connectivity index (χ3n) is 8.41. The number of halogens is 3. The van der Waals surface area contributed by atoms with E-state index in [0.29, 0.717) is 11.1 Å². The van der Waals surface area contributed by atoms with Gasteiger partial charge in [0.05, 0.1) is 24.6 Å². The van der Waals surface area contributed by atoms with Gasteiger partial charge in [0.25, 0.3) is 23.6 Å². The highest BCUT2D eigenvalue weighted by molar-refractivity contribution is 6.58. The third kappa shape index (κ3) is 3.22. The molecule has 9 nitrogen and oxygen atoms in total. The minimum Gasteiger partial charge on any atom is -0.504 e. The lowest BCUT2D eigenvalue weighted by Crippen LogP contribution is -2.60. The number of methoxy groups -OCH3 is 1. The van der Waals surface area contributed by atoms with Gasteiger partial charge in [-0.25, -0.2) is 9.29 Å². The van der Waals surface area contributed by atoms with Gasteiger partial charge in [0.1, 0.15) is 5.82 Å². The van der Waals surface area contributed by atoms with Crippen LogP contribution in [0.15, 0.2) is 54.1 Å². The molecule has 2 saturated heterocycles. The topological polar surface area (TPSA) is 124 Å². The molecular formula is C27H21Cl2FN2O7. The summed E-state index contributed by atoms with van der Waals surface area (Å²) in [6.07, 6.45) is 1.53. The number of rotatable bonds is 3. The maximum atomic E-state index is 14.2. The van der Waals surface area contributed by atoms with E-state index in [1.807, 2.05) is 0 Å². The predicted octanol–water partition coefficient (Wildman–Crippen LogP) is 3.49. The fourth-order valence-corrected chi connectivity index (χ4v) is 7.56. The zero-order valence-corrected chi connectivity index (χ0v) is 21.8. The number of carbonyl (C=O) groups is 4. The summed E-state index contributed by atoms with van der Waals surface area (Å²) < 4.78 is 18.9. The first-order valence-corrected chi connectivity index (χ1v) is 12.9. The van der Waals surface area contributed by atoms with Crippen LogP contribution in [0.25, 0.3) is 0 Å². The summed E-state index contributed by atoms with van der Waals surface area (Å²) in [5.74, 6) is -7.76. The van der Waals surface area contributed by atoms with Crippen LogP contribution >= 0.6 is 23.2 Å². The second-order valence-corrected chi connectivity index (χ2v) is 11.4. The van der Waals surface area contributed by atoms with Crippen LogP contribution in [0.1, 0.15) is 24.3 Å². The van der Waals surface area contributed by atoms with E-state index in [1.54, 1.807) is 6.08 Å². The van der Waals surface area contributed by atoms with Crippen LogP contribution < -0.4 is 9.64 Å². The molecule has 2 aromatic rings. The van der Waals surface area contributed by atoms with Crippen molar-refractivity contribution in [1.82, 2.24) is 5.06 Å². The second-order valence-electron chi connectivity index (χ2n) is 10.2. The second kappa shape index (κ2) is 8.51. The molecule has 202 valence electrons. The minimum atomic E-state index is -2.11. The maximum absolute atomic E-state index is 14.2. The number of phenolic OH excluding ortho intramolecular Hbond substituents is 1. The van der Waals surface area contributed by atoms with Gasteiger partial charge in [0, 0.05) is 5.92 Å². The Balaban J connectivity index is 1.58. The highest BCUT2D eigenvalue weighted by Crippen LogP contribution is 2.66. The van der Waals surface area contributed by atoms with Gasteiger partial charge in [-0.2, -0.15) is 5.06 Å². The van der Waals surface area contributed by atoms with E-state index in [2.05, 4.69) is 0 Å². The van der Waals surface area contributed by atoms with Crippen LogP contribution in [0.3, 0.4) is 0 Å². The smallest absolute Gasteiger partial charge is 0.258 e. The molecule has 2 N–H and O–H groups in total. The lowest BCUT2D eigenvalue weighted by molar-refractivity contribution is -0.173. The van der Waals surface area contributed by atoms with Gasteiger partial charge in [-0.3, -0.25) is 24.4 Å². The van der Waals surface area contributed by atoms with Crippen molar-refractivity contribution in [3.63, 3.8) is 0 Å². The van der Waals surface area contributed by atoms with Crippen molar-refractivity contribution >= 4 is 52.5 Å². The molecule has 2 aromatic carbocycles. The van der Waals surface area contributed by atoms with Gasteiger partial charge in [-0.05, 0) is 60.7 Å². The first kappa shape index (κ1) is 25.8. The Bertz CT molecular complexity index is 1500. The first-order valence-electron chi connectivity index (χ1n) is 12.1. The molecule has 6 atom stereocenters. The maximum Gasteiger partial charge on any atom is 0.258 e. The summed E-state index contributed by atoms with van der Waals surface area (Å²) in [5, 5.41) is 20.4. The normalized spacial score (nSPS) is 33.6. The van der Waals surface area contributed by atoms with Crippen LogP contribution in [0, 0.1) is 23.6 Å². The lowest BCUT2D eigenvalue weighted by Gasteiger charge is -2.50. The Kier molecular flexibility index (Phi) is 5.63. The molecule has 2 aliphatic carbocycles. The molecule has 4 amide bonds. The number of fused-ring (bicyclic) bond motifs is 4. The number of hydrogen-bond acceptors (Lipinski definition) is 7. The number of benzene rings is 2. The molecule has 4 aliphatic rings. The third-order valence-corrected chi connectivity index (χ3v) is 9.82. The van der Waals surface area contributed by atoms with Crippen LogP contribution in [0.4, 0.5) is 10.1 Å². The predicted molar refractivity (Wildman–Crippen MR) is 135 cm³/mol. The summed E-state index contributed by atoms with van der Waals surface area (Å²) in [7, 11) is 1.34. The summed E-state index contributed by atoms with van der Waals surface area (Å²) in [6, 6.07) is 9.02. The first-order chi connectivity index (χ1) is 18.5. The molecule has 6 rings (SSSR count). The van der Waals surface area contributed by atoms with Crippen molar-refractivity contribution in [2.45, 2.75) is 28.5 Å². The Morgan fingerprint density at radius 2 is 1.69 bits per heavy atom. The van der Waals surface area contributed by atoms with Crippen LogP contribution in [-0.2, 0) is 19.2 Å². The van der Waals surface area contributed by atoms with Crippen molar-refractivity contribution < 1.29 is 38.6 Å². The number of hydroxylamine groups is 2. The Hall–Kier alpha value is -3.47. The number of allylic oxidation sites excluding steroid dienone is 2. The van der Waals surface area contributed by atoms with E-state index in [-0.39, 0.29) is 35.1 Å². The monoisotopic (exact) mass is 574 g/mol. The molecule has 0 unspecified atom stereocenters. The van der Waals surface area contributed by atoms with Crippen molar-refractivity contribution in [1.29, 1.82) is 0 Å². The Labute approximate surface area is 231 Å². The molecule has 0 radical (unpaired) electrons. The number of ether oxygens (including phenoxy) is 1. The summed E-state index contributed by atoms with van der Waals surface area (Å²) >= 11 is 14.4. The molecule has 0 spiro atoms. The van der Waals surface area contributed by atoms with Crippen LogP contribution in [0.2, 0.25) is 0 Å². The van der Waals surface area contributed by atoms with Crippen molar-refractivity contribution in [2.75, 3.05) is 12.0 Å². The van der Waals surface area contributed by atoms with Crippen molar-refractivity contribution in [2.24, 2.45) is 17.8 Å². The minimum absolute atomic E-state index is 0.0615. The van der Waals surface area contributed by atoms with Crippen LogP contribution in [-0.4, -0.2) is 55.9 Å². The fourth-order valence-electron chi connectivity index (χ4n) is 6.63. The van der Waals surface area contributed by atoms with E-state index in [9.17, 15) is 33.9 Å². The number of carbonyl (C=O) groups excluding carboxylic acids is 4. The molecule has 2 aliphatic heterocycles. The van der Waals surface area contributed by atoms with E-state index in [1.165, 1.54) is 37.4 Å². The molecule has 0 aromatic heterocycles. The fraction of sp³-hybridized carbons (Fsp3) is 0.333. The summed E-state index contributed by atoms with van der Waals surface area (Å²) in [5.41, 5.74) is 0.944. The number of hydrogen-bond donors (Lipinski definition) is 2. The summed E-state index contributed by atoms with van der Waals surface area (Å²) in [4.78, 5) is 50.4. The molecular weight excluding hydrogens is 554 g/mol. The van der Waals surface area contributed by atoms with Gasteiger partial charge in [-0.1, -0.05) is 17.7 Å². The lowest BCUT2D eigenvalue weighted by atomic mass is 9.56. The SMILES string of the molecule is COc1cc([C@H]2C3=CC[C@@H]4C(=O)N(O)C(=O)[C@@H]4[C@@H]3C[C@@]3(Cl)C(=O)N(c4ccc(F)cc4)C(=O)[C@@]23Cl)ccc1O. The number of amides is 4. The quantitative estimate of drug-likeness (QED) is 0.249. The van der Waals surface area contributed by atoms with Gasteiger partial charge < -0.3 is 9.84 Å². The number of aromatic hydroxyl groups is 1. The Morgan fingerprint density at radius 3 is 2.36 bits per heavy atom. The molecule has 39 heavy (non-hydrogen) atoms. The average Bonchev–Trinajstić information content (AvgIpc) is 3.23. The van der Waals surface area contributed by atoms with Gasteiger partial charge in [0.2, 0.25) is 0 Å². The van der Waals surface area contributed by atoms with E-state index >= 15 is 0 Å². The number of anilines is 1. The number of phenols is 1. The molecule has 12 heteroatoms. The highest BCUT2D eigenvalue weighted by Gasteiger charge is 2.76. The zero-order valence-electron chi connectivity index (χ0n) is 20.3. The standard InChI is InChI=1S/C27H21Cl2FN2O7/c1-39-19-10-12(2-9-18(19)33)21-15-7-8-16-20(23(35)32(38)22(16)34)17(15)11-26(28)24(36)31(25(37)27(21,26)29)14-5-3-13(30)4-6-14/h2-7,9-10,16-17,20-21,33,38H,8,11H2,1H3/t16-,17+,20-,21-,26+,27-/m0/s1. The van der Waals surface area contributed by atoms with Crippen LogP contribution in [0.5, 0.6) is 11.5 Å². The Morgan fingerprint density at radius 1 is 1.00 bits per heavy atom. The zero-order chi connectivity index (χ0) is 28.0. The molecule has 3 fully saturated rings. The van der Waals surface area contributed by atoms with Crippen molar-refractivity contribution in [3.05, 3.63) is 65.5 Å². The van der Waals surface area contributed by atoms with Gasteiger partial charge >= 0.3 is 0 Å². The average molecular weight is 575 g/mol. The van der Waals surface area contributed by atoms with E-state index in [4.69, 9.17) is 27.9 Å². The number of alkyl halides is 2. The summed E-state index contributed by atoms with van der Waals surface area (Å²) in [6.45, 7) is 0. The van der Waals surface area contributed by atoms with Crippen molar-refractivity contribution in [3.8, 4) is 11.5 Å². The number of imide groups is 2. The van der Waals surface area contributed by atoms with E-state index < -0.39 is 62.9 Å². The number of nitrogens with zero attached hydrogens (tertiary/aromatic N) is 2. The molecule has 1 saturated carbocycles. The van der Waals surface area contributed by atoms with E-state index in [0.717, 1.165) is 17.0 Å². The highest BCUT2D eigenvalue weighted by atomic mass is 35.5. The molecule has 0 bridgehead atoms. The largest absolute Gasteiger partial charge is 0.504 e.